The Kier molecular flexibility index (Phi) is 1.64. The molecule has 3 heteroatoms. The lowest BCUT2D eigenvalue weighted by Gasteiger charge is -1.88. The highest BCUT2D eigenvalue weighted by molar-refractivity contribution is 5.60. The van der Waals surface area contributed by atoms with E-state index in [0.29, 0.717) is 6.54 Å². The Morgan fingerprint density at radius 3 is 3.00 bits per heavy atom. The van der Waals surface area contributed by atoms with Crippen molar-refractivity contribution in [2.45, 2.75) is 6.42 Å². The quantitative estimate of drug-likeness (QED) is 0.527. The number of rotatable bonds is 2. The fourth-order valence-corrected chi connectivity index (χ4v) is 0.537. The summed E-state index contributed by atoms with van der Waals surface area (Å²) in [6, 6.07) is 0. The summed E-state index contributed by atoms with van der Waals surface area (Å²) in [6.07, 6.45) is 4.10. The van der Waals surface area contributed by atoms with Gasteiger partial charge in [-0.1, -0.05) is 0 Å². The van der Waals surface area contributed by atoms with Gasteiger partial charge in [0, 0.05) is 6.42 Å². The smallest absolute Gasteiger partial charge is 0.115 e. The van der Waals surface area contributed by atoms with Crippen LogP contribution in [0.25, 0.3) is 0 Å². The molecule has 0 saturated carbocycles. The summed E-state index contributed by atoms with van der Waals surface area (Å²) in [5, 5.41) is 3.77. The van der Waals surface area contributed by atoms with Crippen LogP contribution in [0.5, 0.6) is 0 Å². The van der Waals surface area contributed by atoms with Crippen molar-refractivity contribution in [1.82, 2.24) is 5.32 Å². The van der Waals surface area contributed by atoms with Crippen LogP contribution in [-0.2, 0) is 0 Å². The largest absolute Gasteiger partial charge is 0.330 e. The molecule has 0 bridgehead atoms. The van der Waals surface area contributed by atoms with Crippen LogP contribution in [0, 0.1) is 0 Å². The van der Waals surface area contributed by atoms with Gasteiger partial charge in [0.15, 0.2) is 0 Å². The highest BCUT2D eigenvalue weighted by Crippen LogP contribution is 2.02. The van der Waals surface area contributed by atoms with Gasteiger partial charge in [-0.3, -0.25) is 0 Å². The second-order valence-corrected chi connectivity index (χ2v) is 1.55. The molecule has 1 aliphatic rings. The minimum atomic E-state index is 0.651. The van der Waals surface area contributed by atoms with Crippen LogP contribution < -0.4 is 11.1 Å². The maximum Gasteiger partial charge on any atom is 0.115 e. The van der Waals surface area contributed by atoms with Crippen molar-refractivity contribution in [2.75, 3.05) is 6.54 Å². The molecule has 0 saturated heterocycles. The molecule has 8 heavy (non-hydrogen) atoms. The third kappa shape index (κ3) is 1.07. The predicted octanol–water partition coefficient (Wildman–Crippen LogP) is -0.177. The van der Waals surface area contributed by atoms with Gasteiger partial charge >= 0.3 is 0 Å². The van der Waals surface area contributed by atoms with Crippen molar-refractivity contribution in [1.29, 1.82) is 0 Å². The molecule has 0 fully saturated rings. The van der Waals surface area contributed by atoms with Crippen LogP contribution in [0.4, 0.5) is 0 Å². The van der Waals surface area contributed by atoms with Crippen LogP contribution in [0.1, 0.15) is 6.42 Å². The maximum atomic E-state index is 5.25. The Hall–Kier alpha value is -0.830. The first-order chi connectivity index (χ1) is 3.93. The highest BCUT2D eigenvalue weighted by atomic mass is 15.0. The Bertz CT molecular complexity index is 126. The molecule has 0 amide bonds. The molecule has 3 nitrogen and oxygen atoms in total. The minimum absolute atomic E-state index is 0.651. The first-order valence-corrected chi connectivity index (χ1v) is 2.55. The zero-order chi connectivity index (χ0) is 5.82. The molecule has 0 spiro atoms. The van der Waals surface area contributed by atoms with Gasteiger partial charge in [0.2, 0.25) is 0 Å². The average Bonchev–Trinajstić information content (AvgIpc) is 2.19. The fraction of sp³-hybridized carbons (Fsp3) is 0.400. The highest BCUT2D eigenvalue weighted by Gasteiger charge is 1.95. The van der Waals surface area contributed by atoms with E-state index in [2.05, 4.69) is 10.3 Å². The van der Waals surface area contributed by atoms with E-state index in [9.17, 15) is 0 Å². The van der Waals surface area contributed by atoms with Gasteiger partial charge in [0.25, 0.3) is 0 Å². The zero-order valence-corrected chi connectivity index (χ0v) is 4.54. The third-order valence-electron chi connectivity index (χ3n) is 0.914. The molecule has 0 aromatic heterocycles. The van der Waals surface area contributed by atoms with Crippen LogP contribution in [-0.4, -0.2) is 12.9 Å². The van der Waals surface area contributed by atoms with Crippen LogP contribution >= 0.6 is 0 Å². The van der Waals surface area contributed by atoms with E-state index >= 15 is 0 Å². The first-order valence-electron chi connectivity index (χ1n) is 2.55. The summed E-state index contributed by atoms with van der Waals surface area (Å²) < 4.78 is 0. The van der Waals surface area contributed by atoms with Gasteiger partial charge < -0.3 is 5.73 Å². The summed E-state index contributed by atoms with van der Waals surface area (Å²) in [7, 11) is 0. The molecule has 1 heterocycles. The standard InChI is InChI=1S/C5H8N3/c6-2-1-5-3-7-4-8-5/h3-4H,1-2,6H2. The number of nitrogens with zero attached hydrogens (tertiary/aromatic N) is 2. The topological polar surface area (TPSA) is 52.5 Å². The zero-order valence-electron chi connectivity index (χ0n) is 4.54. The summed E-state index contributed by atoms with van der Waals surface area (Å²) in [5.41, 5.74) is 6.23. The average molecular weight is 110 g/mol. The Labute approximate surface area is 48.3 Å². The van der Waals surface area contributed by atoms with Crippen molar-refractivity contribution in [3.8, 4) is 0 Å². The lowest BCUT2D eigenvalue weighted by Crippen LogP contribution is -1.98. The summed E-state index contributed by atoms with van der Waals surface area (Å²) in [6.45, 7) is 0.651. The Balaban J connectivity index is 2.34. The third-order valence-corrected chi connectivity index (χ3v) is 0.914. The summed E-state index contributed by atoms with van der Waals surface area (Å²) in [5.74, 6) is 0. The van der Waals surface area contributed by atoms with Gasteiger partial charge in [-0.2, -0.15) is 0 Å². The van der Waals surface area contributed by atoms with E-state index in [1.54, 1.807) is 6.20 Å². The van der Waals surface area contributed by atoms with Crippen molar-refractivity contribution >= 4 is 6.34 Å². The van der Waals surface area contributed by atoms with E-state index in [1.165, 1.54) is 6.34 Å². The number of nitrogens with two attached hydrogens (primary N) is 1. The van der Waals surface area contributed by atoms with Crippen molar-refractivity contribution in [3.05, 3.63) is 11.9 Å². The molecule has 1 aliphatic heterocycles. The minimum Gasteiger partial charge on any atom is -0.330 e. The molecule has 2 N–H and O–H groups in total. The lowest BCUT2D eigenvalue weighted by molar-refractivity contribution is 0.939. The fourth-order valence-electron chi connectivity index (χ4n) is 0.537. The van der Waals surface area contributed by atoms with Gasteiger partial charge in [-0.15, -0.1) is 0 Å². The number of aliphatic imine (C=N–C) groups is 1. The van der Waals surface area contributed by atoms with Gasteiger partial charge in [-0.05, 0) is 6.54 Å². The lowest BCUT2D eigenvalue weighted by atomic mass is 10.3. The molecule has 1 radical (unpaired) electrons. The molecule has 0 aliphatic carbocycles. The van der Waals surface area contributed by atoms with Gasteiger partial charge in [0.1, 0.15) is 6.34 Å². The van der Waals surface area contributed by atoms with E-state index in [4.69, 9.17) is 5.73 Å². The van der Waals surface area contributed by atoms with E-state index in [0.717, 1.165) is 12.1 Å². The van der Waals surface area contributed by atoms with Crippen molar-refractivity contribution in [3.63, 3.8) is 0 Å². The normalized spacial score (nSPS) is 15.9. The molecule has 1 rings (SSSR count). The Morgan fingerprint density at radius 2 is 2.50 bits per heavy atom. The van der Waals surface area contributed by atoms with E-state index in [-0.39, 0.29) is 0 Å². The predicted molar refractivity (Wildman–Crippen MR) is 32.4 cm³/mol. The summed E-state index contributed by atoms with van der Waals surface area (Å²) in [4.78, 5) is 3.91. The maximum absolute atomic E-state index is 5.25. The van der Waals surface area contributed by atoms with E-state index in [1.807, 2.05) is 0 Å². The second-order valence-electron chi connectivity index (χ2n) is 1.55. The molecule has 43 valence electrons. The molecular formula is C5H8N3. The van der Waals surface area contributed by atoms with Crippen LogP contribution in [0.15, 0.2) is 16.9 Å². The molecule has 0 aromatic carbocycles. The number of hydrogen-bond donors (Lipinski definition) is 1. The monoisotopic (exact) mass is 110 g/mol. The van der Waals surface area contributed by atoms with Gasteiger partial charge in [-0.25, -0.2) is 10.3 Å². The number of hydrogen-bond acceptors (Lipinski definition) is 2. The Morgan fingerprint density at radius 1 is 1.62 bits per heavy atom. The van der Waals surface area contributed by atoms with E-state index < -0.39 is 0 Å². The SMILES string of the molecule is NCCC1=C[N]C=N1. The van der Waals surface area contributed by atoms with Crippen LogP contribution in [0.3, 0.4) is 0 Å². The van der Waals surface area contributed by atoms with Gasteiger partial charge in [0.05, 0.1) is 11.9 Å². The molecule has 0 aromatic rings. The molecule has 0 atom stereocenters. The second kappa shape index (κ2) is 2.47. The first kappa shape index (κ1) is 5.31. The molecular weight excluding hydrogens is 102 g/mol. The van der Waals surface area contributed by atoms with Crippen molar-refractivity contribution < 1.29 is 0 Å². The van der Waals surface area contributed by atoms with Crippen molar-refractivity contribution in [2.24, 2.45) is 10.7 Å². The summed E-state index contributed by atoms with van der Waals surface area (Å²) >= 11 is 0. The van der Waals surface area contributed by atoms with Crippen LogP contribution in [0.2, 0.25) is 0 Å². The molecule has 0 unspecified atom stereocenters.